The van der Waals surface area contributed by atoms with Gasteiger partial charge in [-0.1, -0.05) is 18.7 Å². The van der Waals surface area contributed by atoms with Gasteiger partial charge in [-0.25, -0.2) is 14.4 Å². The van der Waals surface area contributed by atoms with E-state index in [-0.39, 0.29) is 35.8 Å². The minimum absolute atomic E-state index is 0.0328. The summed E-state index contributed by atoms with van der Waals surface area (Å²) < 4.78 is 15.5. The first kappa shape index (κ1) is 17.7. The highest BCUT2D eigenvalue weighted by atomic mass is 16.6. The molecule has 1 aromatic rings. The summed E-state index contributed by atoms with van der Waals surface area (Å²) in [6.45, 7) is 5.49. The fraction of sp³-hybridized carbons (Fsp3) is 0.353. The van der Waals surface area contributed by atoms with Gasteiger partial charge in [0.1, 0.15) is 12.2 Å². The van der Waals surface area contributed by atoms with Gasteiger partial charge in [0, 0.05) is 12.0 Å². The Labute approximate surface area is 138 Å². The normalized spacial score (nSPS) is 16.8. The Morgan fingerprint density at radius 3 is 2.50 bits per heavy atom. The summed E-state index contributed by atoms with van der Waals surface area (Å²) in [6.07, 6.45) is -0.628. The molecule has 1 N–H and O–H groups in total. The smallest absolute Gasteiger partial charge is 0.339 e. The van der Waals surface area contributed by atoms with Crippen molar-refractivity contribution in [1.82, 2.24) is 0 Å². The number of epoxide rings is 1. The lowest BCUT2D eigenvalue weighted by molar-refractivity contribution is -0.139. The van der Waals surface area contributed by atoms with Crippen LogP contribution in [0, 0.1) is 0 Å². The predicted molar refractivity (Wildman–Crippen MR) is 82.7 cm³/mol. The number of hydrogen-bond donors (Lipinski definition) is 1. The molecule has 2 atom stereocenters. The lowest BCUT2D eigenvalue weighted by Crippen LogP contribution is -2.27. The molecule has 2 rings (SSSR count). The van der Waals surface area contributed by atoms with Crippen LogP contribution in [0.3, 0.4) is 0 Å². The first-order chi connectivity index (χ1) is 11.4. The van der Waals surface area contributed by atoms with E-state index >= 15 is 0 Å². The molecule has 1 aliphatic heterocycles. The maximum atomic E-state index is 12.3. The van der Waals surface area contributed by atoms with Crippen LogP contribution in [0.15, 0.2) is 36.4 Å². The van der Waals surface area contributed by atoms with Crippen LogP contribution >= 0.6 is 0 Å². The van der Waals surface area contributed by atoms with Gasteiger partial charge < -0.3 is 19.3 Å². The Kier molecular flexibility index (Phi) is 5.70. The number of carbonyl (C=O) groups excluding carboxylic acids is 2. The highest BCUT2D eigenvalue weighted by Gasteiger charge is 2.36. The van der Waals surface area contributed by atoms with Gasteiger partial charge in [-0.2, -0.15) is 0 Å². The number of aromatic carboxylic acids is 1. The maximum absolute atomic E-state index is 12.3. The molecule has 128 valence electrons. The van der Waals surface area contributed by atoms with E-state index in [0.29, 0.717) is 6.61 Å². The van der Waals surface area contributed by atoms with Gasteiger partial charge in [0.05, 0.1) is 24.3 Å². The third kappa shape index (κ3) is 4.66. The lowest BCUT2D eigenvalue weighted by atomic mass is 10.1. The highest BCUT2D eigenvalue weighted by Crippen LogP contribution is 2.22. The van der Waals surface area contributed by atoms with Crippen LogP contribution in [0.4, 0.5) is 0 Å². The van der Waals surface area contributed by atoms with Crippen molar-refractivity contribution < 1.29 is 33.7 Å². The molecular weight excluding hydrogens is 316 g/mol. The molecule has 24 heavy (non-hydrogen) atoms. The number of carboxylic acids is 1. The van der Waals surface area contributed by atoms with E-state index in [2.05, 4.69) is 6.58 Å². The maximum Gasteiger partial charge on any atom is 0.339 e. The first-order valence-electron chi connectivity index (χ1n) is 7.37. The molecule has 0 radical (unpaired) electrons. The van der Waals surface area contributed by atoms with Gasteiger partial charge in [0.2, 0.25) is 0 Å². The topological polar surface area (TPSA) is 102 Å². The summed E-state index contributed by atoms with van der Waals surface area (Å²) in [5, 5.41) is 9.13. The minimum atomic E-state index is -1.21. The number of esters is 2. The third-order valence-electron chi connectivity index (χ3n) is 3.39. The standard InChI is InChI=1S/C17H18O7/c1-10(2)16(20)22-8-7-13(14-9-23-14)24-17(21)12-6-4-3-5-11(12)15(18)19/h3-6,13-14H,1,7-9H2,2H3,(H,18,19). The van der Waals surface area contributed by atoms with Crippen LogP contribution in [-0.4, -0.2) is 48.4 Å². The molecule has 0 aliphatic carbocycles. The average molecular weight is 334 g/mol. The van der Waals surface area contributed by atoms with Crippen molar-refractivity contribution in [3.05, 3.63) is 47.5 Å². The summed E-state index contributed by atoms with van der Waals surface area (Å²) in [5.74, 6) is -2.48. The second-order valence-electron chi connectivity index (χ2n) is 5.37. The largest absolute Gasteiger partial charge is 0.478 e. The molecule has 2 unspecified atom stereocenters. The first-order valence-corrected chi connectivity index (χ1v) is 7.37. The molecule has 0 aromatic heterocycles. The highest BCUT2D eigenvalue weighted by molar-refractivity contribution is 6.02. The number of carbonyl (C=O) groups is 3. The molecule has 7 heteroatoms. The van der Waals surface area contributed by atoms with Gasteiger partial charge in [0.15, 0.2) is 0 Å². The predicted octanol–water partition coefficient (Wildman–Crippen LogP) is 1.82. The Bertz CT molecular complexity index is 661. The molecule has 0 saturated carbocycles. The van der Waals surface area contributed by atoms with Crippen molar-refractivity contribution in [2.45, 2.75) is 25.6 Å². The molecule has 7 nitrogen and oxygen atoms in total. The fourth-order valence-corrected chi connectivity index (χ4v) is 2.03. The van der Waals surface area contributed by atoms with E-state index in [1.165, 1.54) is 25.1 Å². The van der Waals surface area contributed by atoms with Crippen LogP contribution in [0.25, 0.3) is 0 Å². The summed E-state index contributed by atoms with van der Waals surface area (Å²) >= 11 is 0. The van der Waals surface area contributed by atoms with E-state index in [9.17, 15) is 14.4 Å². The van der Waals surface area contributed by atoms with Crippen LogP contribution in [0.2, 0.25) is 0 Å². The second kappa shape index (κ2) is 7.74. The van der Waals surface area contributed by atoms with Gasteiger partial charge in [-0.3, -0.25) is 0 Å². The summed E-state index contributed by atoms with van der Waals surface area (Å²) in [6, 6.07) is 5.80. The quantitative estimate of drug-likeness (QED) is 0.439. The molecular formula is C17H18O7. The number of carboxylic acid groups (broad SMARTS) is 1. The van der Waals surface area contributed by atoms with E-state index in [1.807, 2.05) is 0 Å². The number of benzene rings is 1. The Balaban J connectivity index is 1.98. The van der Waals surface area contributed by atoms with Crippen LogP contribution < -0.4 is 0 Å². The van der Waals surface area contributed by atoms with E-state index < -0.39 is 24.0 Å². The Hall–Kier alpha value is -2.67. The summed E-state index contributed by atoms with van der Waals surface area (Å²) in [5.41, 5.74) is 0.114. The number of ether oxygens (including phenoxy) is 3. The third-order valence-corrected chi connectivity index (χ3v) is 3.39. The Morgan fingerprint density at radius 1 is 1.33 bits per heavy atom. The van der Waals surface area contributed by atoms with Crippen LogP contribution in [0.1, 0.15) is 34.1 Å². The summed E-state index contributed by atoms with van der Waals surface area (Å²) in [7, 11) is 0. The minimum Gasteiger partial charge on any atom is -0.478 e. The van der Waals surface area contributed by atoms with Crippen LogP contribution in [0.5, 0.6) is 0 Å². The molecule has 0 spiro atoms. The zero-order chi connectivity index (χ0) is 17.7. The van der Waals surface area contributed by atoms with E-state index in [1.54, 1.807) is 6.07 Å². The molecule has 1 saturated heterocycles. The monoisotopic (exact) mass is 334 g/mol. The molecule has 0 amide bonds. The van der Waals surface area contributed by atoms with Gasteiger partial charge in [-0.15, -0.1) is 0 Å². The summed E-state index contributed by atoms with van der Waals surface area (Å²) in [4.78, 5) is 34.8. The van der Waals surface area contributed by atoms with E-state index in [0.717, 1.165) is 0 Å². The van der Waals surface area contributed by atoms with Crippen molar-refractivity contribution in [1.29, 1.82) is 0 Å². The van der Waals surface area contributed by atoms with Crippen molar-refractivity contribution in [3.8, 4) is 0 Å². The van der Waals surface area contributed by atoms with Gasteiger partial charge in [0.25, 0.3) is 0 Å². The van der Waals surface area contributed by atoms with E-state index in [4.69, 9.17) is 19.3 Å². The Morgan fingerprint density at radius 2 is 1.96 bits per heavy atom. The average Bonchev–Trinajstić information content (AvgIpc) is 3.38. The van der Waals surface area contributed by atoms with Crippen molar-refractivity contribution in [2.24, 2.45) is 0 Å². The van der Waals surface area contributed by atoms with Crippen molar-refractivity contribution in [2.75, 3.05) is 13.2 Å². The molecule has 0 bridgehead atoms. The lowest BCUT2D eigenvalue weighted by Gasteiger charge is -2.16. The van der Waals surface area contributed by atoms with Crippen molar-refractivity contribution >= 4 is 17.9 Å². The zero-order valence-electron chi connectivity index (χ0n) is 13.2. The molecule has 1 aromatic carbocycles. The molecule has 1 aliphatic rings. The molecule has 1 heterocycles. The van der Waals surface area contributed by atoms with Crippen molar-refractivity contribution in [3.63, 3.8) is 0 Å². The molecule has 1 fully saturated rings. The SMILES string of the molecule is C=C(C)C(=O)OCCC(OC(=O)c1ccccc1C(=O)O)C1CO1. The zero-order valence-corrected chi connectivity index (χ0v) is 13.2. The van der Waals surface area contributed by atoms with Crippen LogP contribution in [-0.2, 0) is 19.0 Å². The second-order valence-corrected chi connectivity index (χ2v) is 5.37. The fourth-order valence-electron chi connectivity index (χ4n) is 2.03. The van der Waals surface area contributed by atoms with Gasteiger partial charge >= 0.3 is 17.9 Å². The van der Waals surface area contributed by atoms with Gasteiger partial charge in [-0.05, 0) is 19.1 Å². The number of hydrogen-bond acceptors (Lipinski definition) is 6. The number of rotatable bonds is 8.